The Morgan fingerprint density at radius 2 is 1.73 bits per heavy atom. The lowest BCUT2D eigenvalue weighted by atomic mass is 9.96. The summed E-state index contributed by atoms with van der Waals surface area (Å²) in [5.41, 5.74) is 3.49. The van der Waals surface area contributed by atoms with Crippen LogP contribution in [0.2, 0.25) is 0 Å². The quantitative estimate of drug-likeness (QED) is 0.286. The number of benzene rings is 2. The van der Waals surface area contributed by atoms with Gasteiger partial charge in [-0.05, 0) is 69.0 Å². The van der Waals surface area contributed by atoms with Crippen molar-refractivity contribution in [3.8, 4) is 5.75 Å². The third kappa shape index (κ3) is 4.97. The molecule has 0 atom stereocenters. The molecule has 8 nitrogen and oxygen atoms in total. The Hall–Kier alpha value is -4.46. The number of piperidine rings is 1. The zero-order valence-corrected chi connectivity index (χ0v) is 22.9. The maximum Gasteiger partial charge on any atom is 0.259 e. The summed E-state index contributed by atoms with van der Waals surface area (Å²) in [4.78, 5) is 38.0. The van der Waals surface area contributed by atoms with Crippen molar-refractivity contribution < 1.29 is 9.53 Å². The fourth-order valence-electron chi connectivity index (χ4n) is 5.60. The Labute approximate surface area is 232 Å². The van der Waals surface area contributed by atoms with Gasteiger partial charge in [0.05, 0.1) is 16.4 Å². The predicted molar refractivity (Wildman–Crippen MR) is 156 cm³/mol. The lowest BCUT2D eigenvalue weighted by molar-refractivity contribution is 0.0680. The Morgan fingerprint density at radius 3 is 2.50 bits per heavy atom. The molecular weight excluding hydrogens is 502 g/mol. The fourth-order valence-corrected chi connectivity index (χ4v) is 5.60. The van der Waals surface area contributed by atoms with Gasteiger partial charge in [0.15, 0.2) is 0 Å². The summed E-state index contributed by atoms with van der Waals surface area (Å²) in [6, 6.07) is 21.5. The van der Waals surface area contributed by atoms with Crippen molar-refractivity contribution >= 4 is 28.0 Å². The summed E-state index contributed by atoms with van der Waals surface area (Å²) >= 11 is 0. The maximum absolute atomic E-state index is 13.5. The van der Waals surface area contributed by atoms with E-state index >= 15 is 0 Å². The summed E-state index contributed by atoms with van der Waals surface area (Å²) < 4.78 is 10.2. The van der Waals surface area contributed by atoms with Gasteiger partial charge in [0.1, 0.15) is 29.4 Å². The zero-order valence-electron chi connectivity index (χ0n) is 22.9. The van der Waals surface area contributed by atoms with Crippen molar-refractivity contribution in [2.75, 3.05) is 13.1 Å². The smallest absolute Gasteiger partial charge is 0.259 e. The molecule has 0 radical (unpaired) electrons. The standard InChI is InChI=1S/C32H33N5O3/c1-3-35-20-26(30(38)25-14-13-22(2)33-31(25)35)32(39)36-17-15-23(16-18-36)19-37-28-12-8-7-11-27(28)34-29(37)21-40-24-9-5-4-6-10-24/h4-14,20,23H,3,15-19,21H2,1-2H3. The Balaban J connectivity index is 1.18. The molecule has 0 saturated carbocycles. The predicted octanol–water partition coefficient (Wildman–Crippen LogP) is 5.21. The zero-order chi connectivity index (χ0) is 27.6. The van der Waals surface area contributed by atoms with E-state index in [1.807, 2.05) is 77.9 Å². The molecule has 5 aromatic rings. The Bertz CT molecular complexity index is 1730. The number of hydrogen-bond donors (Lipinski definition) is 0. The Kier molecular flexibility index (Phi) is 7.07. The third-order valence-corrected chi connectivity index (χ3v) is 7.82. The van der Waals surface area contributed by atoms with E-state index in [2.05, 4.69) is 15.6 Å². The molecule has 6 rings (SSSR count). The number of nitrogens with zero attached hydrogens (tertiary/aromatic N) is 5. The molecule has 0 N–H and O–H groups in total. The van der Waals surface area contributed by atoms with Crippen LogP contribution in [0.3, 0.4) is 0 Å². The number of hydrogen-bond acceptors (Lipinski definition) is 5. The molecule has 204 valence electrons. The van der Waals surface area contributed by atoms with Crippen molar-refractivity contribution in [1.29, 1.82) is 0 Å². The number of aryl methyl sites for hydroxylation is 2. The highest BCUT2D eigenvalue weighted by atomic mass is 16.5. The van der Waals surface area contributed by atoms with Gasteiger partial charge in [-0.2, -0.15) is 0 Å². The number of ether oxygens (including phenoxy) is 1. The summed E-state index contributed by atoms with van der Waals surface area (Å²) in [7, 11) is 0. The van der Waals surface area contributed by atoms with Crippen LogP contribution < -0.4 is 10.2 Å². The highest BCUT2D eigenvalue weighted by Crippen LogP contribution is 2.25. The normalized spacial score (nSPS) is 14.2. The van der Waals surface area contributed by atoms with Gasteiger partial charge in [-0.25, -0.2) is 9.97 Å². The molecule has 0 unspecified atom stereocenters. The molecule has 0 spiro atoms. The second kappa shape index (κ2) is 11.0. The molecule has 1 aliphatic rings. The van der Waals surface area contributed by atoms with Gasteiger partial charge >= 0.3 is 0 Å². The first-order valence-corrected chi connectivity index (χ1v) is 13.9. The van der Waals surface area contributed by atoms with Crippen LogP contribution in [0, 0.1) is 12.8 Å². The van der Waals surface area contributed by atoms with E-state index in [4.69, 9.17) is 9.72 Å². The molecule has 4 heterocycles. The number of imidazole rings is 1. The third-order valence-electron chi connectivity index (χ3n) is 7.82. The van der Waals surface area contributed by atoms with E-state index in [9.17, 15) is 9.59 Å². The van der Waals surface area contributed by atoms with Crippen LogP contribution in [0.25, 0.3) is 22.1 Å². The largest absolute Gasteiger partial charge is 0.486 e. The average Bonchev–Trinajstić information content (AvgIpc) is 3.34. The molecule has 3 aromatic heterocycles. The number of aromatic nitrogens is 4. The van der Waals surface area contributed by atoms with Gasteiger partial charge in [0, 0.05) is 38.1 Å². The van der Waals surface area contributed by atoms with Gasteiger partial charge in [-0.1, -0.05) is 30.3 Å². The second-order valence-corrected chi connectivity index (χ2v) is 10.4. The van der Waals surface area contributed by atoms with Gasteiger partial charge in [0.25, 0.3) is 5.91 Å². The number of amides is 1. The summed E-state index contributed by atoms with van der Waals surface area (Å²) in [5.74, 6) is 1.89. The number of fused-ring (bicyclic) bond motifs is 2. The number of para-hydroxylation sites is 3. The number of likely N-dealkylation sites (tertiary alicyclic amines) is 1. The van der Waals surface area contributed by atoms with Crippen LogP contribution in [-0.4, -0.2) is 43.0 Å². The van der Waals surface area contributed by atoms with Crippen molar-refractivity contribution in [3.63, 3.8) is 0 Å². The van der Waals surface area contributed by atoms with Crippen LogP contribution >= 0.6 is 0 Å². The van der Waals surface area contributed by atoms with Crippen LogP contribution in [0.4, 0.5) is 0 Å². The second-order valence-electron chi connectivity index (χ2n) is 10.4. The number of carbonyl (C=O) groups excluding carboxylic acids is 1. The average molecular weight is 536 g/mol. The minimum atomic E-state index is -0.243. The molecule has 1 aliphatic heterocycles. The topological polar surface area (TPSA) is 82.3 Å². The van der Waals surface area contributed by atoms with E-state index in [-0.39, 0.29) is 16.9 Å². The van der Waals surface area contributed by atoms with E-state index in [1.54, 1.807) is 12.3 Å². The number of pyridine rings is 2. The first-order valence-electron chi connectivity index (χ1n) is 13.9. The Morgan fingerprint density at radius 1 is 0.975 bits per heavy atom. The number of carbonyl (C=O) groups is 1. The minimum Gasteiger partial charge on any atom is -0.486 e. The minimum absolute atomic E-state index is 0.196. The monoisotopic (exact) mass is 535 g/mol. The van der Waals surface area contributed by atoms with Crippen molar-refractivity contribution in [1.82, 2.24) is 24.0 Å². The molecule has 2 aromatic carbocycles. The maximum atomic E-state index is 13.5. The molecule has 0 bridgehead atoms. The first kappa shape index (κ1) is 25.8. The van der Waals surface area contributed by atoms with Crippen LogP contribution in [0.15, 0.2) is 77.7 Å². The highest BCUT2D eigenvalue weighted by Gasteiger charge is 2.27. The highest BCUT2D eigenvalue weighted by molar-refractivity contribution is 5.97. The number of rotatable bonds is 7. The van der Waals surface area contributed by atoms with E-state index in [0.717, 1.165) is 47.7 Å². The lowest BCUT2D eigenvalue weighted by Gasteiger charge is -2.32. The van der Waals surface area contributed by atoms with Gasteiger partial charge in [0.2, 0.25) is 5.43 Å². The summed E-state index contributed by atoms with van der Waals surface area (Å²) in [5, 5.41) is 0.491. The molecule has 1 saturated heterocycles. The van der Waals surface area contributed by atoms with Crippen LogP contribution in [0.1, 0.15) is 41.6 Å². The first-order chi connectivity index (χ1) is 19.5. The van der Waals surface area contributed by atoms with Crippen molar-refractivity contribution in [2.24, 2.45) is 5.92 Å². The van der Waals surface area contributed by atoms with Gasteiger partial charge < -0.3 is 18.8 Å². The van der Waals surface area contributed by atoms with E-state index in [1.165, 1.54) is 0 Å². The molecule has 40 heavy (non-hydrogen) atoms. The van der Waals surface area contributed by atoms with E-state index in [0.29, 0.717) is 43.2 Å². The SMILES string of the molecule is CCn1cc(C(=O)N2CCC(Cn3c(COc4ccccc4)nc4ccccc43)CC2)c(=O)c2ccc(C)nc21. The molecule has 1 fully saturated rings. The summed E-state index contributed by atoms with van der Waals surface area (Å²) in [6.45, 7) is 6.94. The molecular formula is C32H33N5O3. The van der Waals surface area contributed by atoms with Crippen LogP contribution in [0.5, 0.6) is 5.75 Å². The van der Waals surface area contributed by atoms with Crippen molar-refractivity contribution in [2.45, 2.75) is 46.4 Å². The summed E-state index contributed by atoms with van der Waals surface area (Å²) in [6.07, 6.45) is 3.39. The van der Waals surface area contributed by atoms with Gasteiger partial charge in [-0.3, -0.25) is 9.59 Å². The van der Waals surface area contributed by atoms with Gasteiger partial charge in [-0.15, -0.1) is 0 Å². The van der Waals surface area contributed by atoms with Crippen LogP contribution in [-0.2, 0) is 19.7 Å². The molecule has 8 heteroatoms. The van der Waals surface area contributed by atoms with E-state index < -0.39 is 0 Å². The lowest BCUT2D eigenvalue weighted by Crippen LogP contribution is -2.41. The van der Waals surface area contributed by atoms with Crippen molar-refractivity contribution in [3.05, 3.63) is 100 Å². The fraction of sp³-hybridized carbons (Fsp3) is 0.312. The molecule has 1 amide bonds. The molecule has 0 aliphatic carbocycles.